The van der Waals surface area contributed by atoms with Crippen LogP contribution in [-0.2, 0) is 10.8 Å². The van der Waals surface area contributed by atoms with Crippen molar-refractivity contribution in [3.63, 3.8) is 0 Å². The first kappa shape index (κ1) is 12.6. The molecule has 1 aliphatic rings. The van der Waals surface area contributed by atoms with E-state index in [9.17, 15) is 9.00 Å². The molecule has 1 fully saturated rings. The lowest BCUT2D eigenvalue weighted by atomic mass is 10.2. The van der Waals surface area contributed by atoms with E-state index in [0.29, 0.717) is 35.2 Å². The first-order valence-corrected chi connectivity index (χ1v) is 8.24. The smallest absolute Gasteiger partial charge is 0.266 e. The second kappa shape index (κ2) is 4.90. The van der Waals surface area contributed by atoms with E-state index in [4.69, 9.17) is 5.73 Å². The van der Waals surface area contributed by atoms with Crippen LogP contribution >= 0.6 is 11.3 Å². The van der Waals surface area contributed by atoms with Gasteiger partial charge in [0, 0.05) is 47.0 Å². The minimum absolute atomic E-state index is 0.0720. The number of nitrogen functional groups attached to an aromatic ring is 1. The van der Waals surface area contributed by atoms with Gasteiger partial charge in [-0.3, -0.25) is 9.00 Å². The molecule has 0 bridgehead atoms. The molecule has 0 aliphatic carbocycles. The third-order valence-electron chi connectivity index (χ3n) is 3.16. The van der Waals surface area contributed by atoms with Crippen molar-refractivity contribution in [2.24, 2.45) is 0 Å². The maximum atomic E-state index is 12.4. The van der Waals surface area contributed by atoms with Gasteiger partial charge in [-0.05, 0) is 12.1 Å². The van der Waals surface area contributed by atoms with E-state index in [0.717, 1.165) is 10.2 Å². The quantitative estimate of drug-likeness (QED) is 0.854. The van der Waals surface area contributed by atoms with Crippen molar-refractivity contribution in [2.75, 3.05) is 30.3 Å². The molecule has 0 unspecified atom stereocenters. The SMILES string of the molecule is Nc1c(C(=O)N2CCS(=O)CC2)sc2ncccc12. The lowest BCUT2D eigenvalue weighted by molar-refractivity contribution is 0.0777. The zero-order valence-corrected chi connectivity index (χ0v) is 11.8. The molecule has 5 nitrogen and oxygen atoms in total. The summed E-state index contributed by atoms with van der Waals surface area (Å²) in [5, 5.41) is 0.830. The zero-order chi connectivity index (χ0) is 13.4. The van der Waals surface area contributed by atoms with E-state index in [1.54, 1.807) is 11.1 Å². The van der Waals surface area contributed by atoms with Gasteiger partial charge in [0.05, 0.1) is 5.69 Å². The van der Waals surface area contributed by atoms with Crippen LogP contribution in [0.2, 0.25) is 0 Å². The Bertz CT molecular complexity index is 658. The number of nitrogens with zero attached hydrogens (tertiary/aromatic N) is 2. The fraction of sp³-hybridized carbons (Fsp3) is 0.333. The number of aromatic nitrogens is 1. The molecule has 3 rings (SSSR count). The molecule has 0 radical (unpaired) electrons. The Hall–Kier alpha value is -1.47. The number of carbonyl (C=O) groups is 1. The van der Waals surface area contributed by atoms with Crippen LogP contribution in [0.4, 0.5) is 5.69 Å². The highest BCUT2D eigenvalue weighted by Crippen LogP contribution is 2.32. The van der Waals surface area contributed by atoms with E-state index in [-0.39, 0.29) is 5.91 Å². The van der Waals surface area contributed by atoms with Gasteiger partial charge in [0.25, 0.3) is 5.91 Å². The summed E-state index contributed by atoms with van der Waals surface area (Å²) in [5.74, 6) is 1.03. The normalized spacial score (nSPS) is 16.9. The lowest BCUT2D eigenvalue weighted by Crippen LogP contribution is -2.41. The topological polar surface area (TPSA) is 76.3 Å². The third kappa shape index (κ3) is 2.23. The predicted molar refractivity (Wildman–Crippen MR) is 77.8 cm³/mol. The van der Waals surface area contributed by atoms with E-state index >= 15 is 0 Å². The number of thiophene rings is 1. The van der Waals surface area contributed by atoms with Gasteiger partial charge in [-0.1, -0.05) is 0 Å². The van der Waals surface area contributed by atoms with Gasteiger partial charge in [-0.2, -0.15) is 0 Å². The van der Waals surface area contributed by atoms with Gasteiger partial charge >= 0.3 is 0 Å². The standard InChI is InChI=1S/C12H13N3O2S2/c13-9-8-2-1-3-14-11(8)18-10(9)12(16)15-4-6-19(17)7-5-15/h1-3H,4-7,13H2. The number of anilines is 1. The molecular weight excluding hydrogens is 282 g/mol. The van der Waals surface area contributed by atoms with Gasteiger partial charge in [0.1, 0.15) is 9.71 Å². The van der Waals surface area contributed by atoms with Gasteiger partial charge in [0.2, 0.25) is 0 Å². The van der Waals surface area contributed by atoms with Crippen molar-refractivity contribution in [1.82, 2.24) is 9.88 Å². The number of nitrogens with two attached hydrogens (primary N) is 1. The Balaban J connectivity index is 1.93. The Morgan fingerprint density at radius 3 is 2.84 bits per heavy atom. The summed E-state index contributed by atoms with van der Waals surface area (Å²) in [5.41, 5.74) is 6.54. The van der Waals surface area contributed by atoms with E-state index in [1.165, 1.54) is 11.3 Å². The molecule has 0 atom stereocenters. The molecule has 2 aromatic rings. The predicted octanol–water partition coefficient (Wildman–Crippen LogP) is 1.08. The Morgan fingerprint density at radius 1 is 1.42 bits per heavy atom. The van der Waals surface area contributed by atoms with Gasteiger partial charge in [-0.15, -0.1) is 11.3 Å². The molecule has 100 valence electrons. The van der Waals surface area contributed by atoms with E-state index < -0.39 is 10.8 Å². The molecule has 2 N–H and O–H groups in total. The molecule has 0 saturated carbocycles. The first-order chi connectivity index (χ1) is 9.16. The van der Waals surface area contributed by atoms with Crippen LogP contribution in [0.15, 0.2) is 18.3 Å². The summed E-state index contributed by atoms with van der Waals surface area (Å²) >= 11 is 1.32. The van der Waals surface area contributed by atoms with Crippen molar-refractivity contribution in [3.05, 3.63) is 23.2 Å². The molecular formula is C12H13N3O2S2. The number of hydrogen-bond acceptors (Lipinski definition) is 5. The fourth-order valence-corrected chi connectivity index (χ4v) is 4.18. The second-order valence-corrected chi connectivity index (χ2v) is 7.04. The number of hydrogen-bond donors (Lipinski definition) is 1. The van der Waals surface area contributed by atoms with Crippen molar-refractivity contribution in [1.29, 1.82) is 0 Å². The van der Waals surface area contributed by atoms with Gasteiger partial charge in [0.15, 0.2) is 0 Å². The van der Waals surface area contributed by atoms with Crippen molar-refractivity contribution in [2.45, 2.75) is 0 Å². The Morgan fingerprint density at radius 2 is 2.16 bits per heavy atom. The third-order valence-corrected chi connectivity index (χ3v) is 5.56. The van der Waals surface area contributed by atoms with Gasteiger partial charge < -0.3 is 10.6 Å². The highest BCUT2D eigenvalue weighted by atomic mass is 32.2. The summed E-state index contributed by atoms with van der Waals surface area (Å²) in [6.07, 6.45) is 1.69. The monoisotopic (exact) mass is 295 g/mol. The second-order valence-electron chi connectivity index (χ2n) is 4.34. The maximum Gasteiger partial charge on any atom is 0.266 e. The number of rotatable bonds is 1. The molecule has 3 heterocycles. The average Bonchev–Trinajstić information content (AvgIpc) is 2.77. The van der Waals surface area contributed by atoms with Gasteiger partial charge in [-0.25, -0.2) is 4.98 Å². The van der Waals surface area contributed by atoms with Crippen LogP contribution in [0.25, 0.3) is 10.2 Å². The van der Waals surface area contributed by atoms with Crippen LogP contribution in [0, 0.1) is 0 Å². The van der Waals surface area contributed by atoms with Crippen LogP contribution in [0.1, 0.15) is 9.67 Å². The molecule has 7 heteroatoms. The average molecular weight is 295 g/mol. The molecule has 1 saturated heterocycles. The largest absolute Gasteiger partial charge is 0.397 e. The van der Waals surface area contributed by atoms with Crippen LogP contribution in [-0.4, -0.2) is 44.6 Å². The lowest BCUT2D eigenvalue weighted by Gasteiger charge is -2.25. The number of pyridine rings is 1. The summed E-state index contributed by atoms with van der Waals surface area (Å²) in [6, 6.07) is 3.68. The molecule has 1 aliphatic heterocycles. The van der Waals surface area contributed by atoms with Crippen LogP contribution < -0.4 is 5.73 Å². The minimum atomic E-state index is -0.788. The van der Waals surface area contributed by atoms with Crippen molar-refractivity contribution in [3.8, 4) is 0 Å². The van der Waals surface area contributed by atoms with E-state index in [2.05, 4.69) is 4.98 Å². The first-order valence-electron chi connectivity index (χ1n) is 5.94. The van der Waals surface area contributed by atoms with E-state index in [1.807, 2.05) is 12.1 Å². The molecule has 19 heavy (non-hydrogen) atoms. The number of carbonyl (C=O) groups excluding carboxylic acids is 1. The summed E-state index contributed by atoms with van der Waals surface area (Å²) in [6.45, 7) is 1.07. The highest BCUT2D eigenvalue weighted by molar-refractivity contribution is 7.85. The van der Waals surface area contributed by atoms with Crippen molar-refractivity contribution >= 4 is 43.9 Å². The number of amides is 1. The zero-order valence-electron chi connectivity index (χ0n) is 10.2. The van der Waals surface area contributed by atoms with Crippen molar-refractivity contribution < 1.29 is 9.00 Å². The summed E-state index contributed by atoms with van der Waals surface area (Å²) in [7, 11) is -0.788. The Labute approximate surface area is 116 Å². The summed E-state index contributed by atoms with van der Waals surface area (Å²) in [4.78, 5) is 19.7. The molecule has 1 amide bonds. The molecule has 0 aromatic carbocycles. The fourth-order valence-electron chi connectivity index (χ4n) is 2.09. The van der Waals surface area contributed by atoms with Crippen LogP contribution in [0.5, 0.6) is 0 Å². The van der Waals surface area contributed by atoms with Crippen LogP contribution in [0.3, 0.4) is 0 Å². The highest BCUT2D eigenvalue weighted by Gasteiger charge is 2.25. The summed E-state index contributed by atoms with van der Waals surface area (Å²) < 4.78 is 11.3. The Kier molecular flexibility index (Phi) is 3.24. The number of fused-ring (bicyclic) bond motifs is 1. The molecule has 2 aromatic heterocycles. The minimum Gasteiger partial charge on any atom is -0.397 e. The maximum absolute atomic E-state index is 12.4. The molecule has 0 spiro atoms.